The standard InChI is InChI=1S/C24H31N7O2/c1-16(2)29-10-8-17(9-11-29)12-25-24(33)30-14-18(15-30)21-27-22-20(23(32)28-21)13-26-31(22)19-6-4-3-5-7-19/h3-7,13,16-18H,8-12,14-15H2,1-2H3,(H,25,33)(H,27,28,32). The summed E-state index contributed by atoms with van der Waals surface area (Å²) in [6.45, 7) is 8.49. The Morgan fingerprint density at radius 1 is 1.18 bits per heavy atom. The van der Waals surface area contributed by atoms with E-state index >= 15 is 0 Å². The van der Waals surface area contributed by atoms with E-state index in [1.54, 1.807) is 15.8 Å². The molecule has 174 valence electrons. The van der Waals surface area contributed by atoms with Gasteiger partial charge in [-0.15, -0.1) is 0 Å². The van der Waals surface area contributed by atoms with E-state index in [4.69, 9.17) is 4.98 Å². The molecule has 2 aliphatic rings. The second-order valence-electron chi connectivity index (χ2n) is 9.44. The third-order valence-electron chi connectivity index (χ3n) is 6.93. The van der Waals surface area contributed by atoms with Crippen LogP contribution in [0.15, 0.2) is 41.3 Å². The number of hydrogen-bond donors (Lipinski definition) is 2. The predicted molar refractivity (Wildman–Crippen MR) is 127 cm³/mol. The number of rotatable bonds is 5. The van der Waals surface area contributed by atoms with Gasteiger partial charge in [0.05, 0.1) is 17.8 Å². The Kier molecular flexibility index (Phi) is 5.88. The van der Waals surface area contributed by atoms with Crippen molar-refractivity contribution >= 4 is 17.1 Å². The fourth-order valence-corrected chi connectivity index (χ4v) is 4.72. The van der Waals surface area contributed by atoms with E-state index in [-0.39, 0.29) is 17.5 Å². The number of piperidine rings is 1. The summed E-state index contributed by atoms with van der Waals surface area (Å²) >= 11 is 0. The molecule has 0 atom stereocenters. The zero-order valence-electron chi connectivity index (χ0n) is 19.2. The van der Waals surface area contributed by atoms with Gasteiger partial charge in [0.2, 0.25) is 0 Å². The number of hydrogen-bond acceptors (Lipinski definition) is 5. The summed E-state index contributed by atoms with van der Waals surface area (Å²) in [7, 11) is 0. The molecule has 9 nitrogen and oxygen atoms in total. The van der Waals surface area contributed by atoms with Crippen molar-refractivity contribution in [2.24, 2.45) is 5.92 Å². The number of H-pyrrole nitrogens is 1. The van der Waals surface area contributed by atoms with Crippen LogP contribution >= 0.6 is 0 Å². The molecule has 5 rings (SSSR count). The summed E-state index contributed by atoms with van der Waals surface area (Å²) in [4.78, 5) is 37.1. The number of amides is 2. The molecule has 0 unspecified atom stereocenters. The molecule has 2 amide bonds. The first-order valence-electron chi connectivity index (χ1n) is 11.8. The summed E-state index contributed by atoms with van der Waals surface area (Å²) in [5.74, 6) is 1.16. The van der Waals surface area contributed by atoms with E-state index in [0.717, 1.165) is 38.2 Å². The van der Waals surface area contributed by atoms with Crippen LogP contribution in [0.1, 0.15) is 38.4 Å². The van der Waals surface area contributed by atoms with Crippen LogP contribution in [0.4, 0.5) is 4.79 Å². The molecular formula is C24H31N7O2. The molecule has 1 aromatic carbocycles. The van der Waals surface area contributed by atoms with Gasteiger partial charge in [-0.1, -0.05) is 18.2 Å². The summed E-state index contributed by atoms with van der Waals surface area (Å²) in [5.41, 5.74) is 1.19. The monoisotopic (exact) mass is 449 g/mol. The van der Waals surface area contributed by atoms with Gasteiger partial charge < -0.3 is 20.1 Å². The molecule has 9 heteroatoms. The van der Waals surface area contributed by atoms with E-state index in [0.29, 0.717) is 41.9 Å². The van der Waals surface area contributed by atoms with Crippen LogP contribution in [-0.4, -0.2) is 74.3 Å². The molecule has 4 heterocycles. The van der Waals surface area contributed by atoms with Crippen molar-refractivity contribution in [3.05, 3.63) is 52.7 Å². The molecule has 2 saturated heterocycles. The van der Waals surface area contributed by atoms with Crippen molar-refractivity contribution < 1.29 is 4.79 Å². The number of carbonyl (C=O) groups excluding carboxylic acids is 1. The Morgan fingerprint density at radius 2 is 1.91 bits per heavy atom. The van der Waals surface area contributed by atoms with E-state index < -0.39 is 0 Å². The van der Waals surface area contributed by atoms with Gasteiger partial charge in [0.1, 0.15) is 11.2 Å². The predicted octanol–water partition coefficient (Wildman–Crippen LogP) is 2.34. The minimum atomic E-state index is -0.201. The minimum Gasteiger partial charge on any atom is -0.338 e. The van der Waals surface area contributed by atoms with Crippen molar-refractivity contribution in [1.29, 1.82) is 0 Å². The van der Waals surface area contributed by atoms with Gasteiger partial charge in [0.25, 0.3) is 5.56 Å². The average molecular weight is 450 g/mol. The third kappa shape index (κ3) is 4.37. The SMILES string of the molecule is CC(C)N1CCC(CNC(=O)N2CC(c3nc4c(cnn4-c4ccccc4)c(=O)[nH]3)C2)CC1. The van der Waals surface area contributed by atoms with Crippen LogP contribution < -0.4 is 10.9 Å². The smallest absolute Gasteiger partial charge is 0.317 e. The van der Waals surface area contributed by atoms with Crippen molar-refractivity contribution in [3.8, 4) is 5.69 Å². The summed E-state index contributed by atoms with van der Waals surface area (Å²) in [6, 6.07) is 10.2. The number of carbonyl (C=O) groups is 1. The molecule has 33 heavy (non-hydrogen) atoms. The Labute approximate surface area is 192 Å². The van der Waals surface area contributed by atoms with Gasteiger partial charge in [-0.2, -0.15) is 5.10 Å². The summed E-state index contributed by atoms with van der Waals surface area (Å²) < 4.78 is 1.68. The maximum Gasteiger partial charge on any atom is 0.317 e. The van der Waals surface area contributed by atoms with E-state index in [1.165, 1.54) is 0 Å². The fraction of sp³-hybridized carbons (Fsp3) is 0.500. The number of nitrogens with zero attached hydrogens (tertiary/aromatic N) is 5. The molecule has 0 radical (unpaired) electrons. The largest absolute Gasteiger partial charge is 0.338 e. The number of urea groups is 1. The highest BCUT2D eigenvalue weighted by Gasteiger charge is 2.34. The molecule has 0 spiro atoms. The second kappa shape index (κ2) is 8.97. The molecule has 2 aliphatic heterocycles. The average Bonchev–Trinajstić information content (AvgIpc) is 3.22. The van der Waals surface area contributed by atoms with Crippen molar-refractivity contribution in [2.45, 2.75) is 38.6 Å². The molecule has 0 saturated carbocycles. The number of aromatic nitrogens is 4. The normalized spacial score (nSPS) is 18.1. The fourth-order valence-electron chi connectivity index (χ4n) is 4.72. The number of benzene rings is 1. The Bertz CT molecular complexity index is 1170. The maximum atomic E-state index is 12.6. The Balaban J connectivity index is 1.19. The zero-order valence-corrected chi connectivity index (χ0v) is 19.2. The lowest BCUT2D eigenvalue weighted by Crippen LogP contribution is -2.54. The summed E-state index contributed by atoms with van der Waals surface area (Å²) in [5, 5.41) is 7.91. The summed E-state index contributed by atoms with van der Waals surface area (Å²) in [6.07, 6.45) is 3.80. The number of para-hydroxylation sites is 1. The van der Waals surface area contributed by atoms with Gasteiger partial charge in [-0.25, -0.2) is 14.5 Å². The van der Waals surface area contributed by atoms with Crippen LogP contribution in [0.2, 0.25) is 0 Å². The van der Waals surface area contributed by atoms with Crippen LogP contribution in [0.25, 0.3) is 16.7 Å². The lowest BCUT2D eigenvalue weighted by Gasteiger charge is -2.39. The van der Waals surface area contributed by atoms with E-state index in [2.05, 4.69) is 34.1 Å². The number of fused-ring (bicyclic) bond motifs is 1. The molecular weight excluding hydrogens is 418 g/mol. The highest BCUT2D eigenvalue weighted by Crippen LogP contribution is 2.25. The third-order valence-corrected chi connectivity index (χ3v) is 6.93. The van der Waals surface area contributed by atoms with Gasteiger partial charge in [-0.3, -0.25) is 4.79 Å². The number of aromatic amines is 1. The molecule has 3 aromatic rings. The first-order valence-corrected chi connectivity index (χ1v) is 11.8. The van der Waals surface area contributed by atoms with E-state index in [1.807, 2.05) is 30.3 Å². The lowest BCUT2D eigenvalue weighted by atomic mass is 9.96. The van der Waals surface area contributed by atoms with Gasteiger partial charge in [-0.05, 0) is 57.8 Å². The zero-order chi connectivity index (χ0) is 22.9. The second-order valence-corrected chi connectivity index (χ2v) is 9.44. The number of likely N-dealkylation sites (tertiary alicyclic amines) is 2. The minimum absolute atomic E-state index is 0.0150. The highest BCUT2D eigenvalue weighted by atomic mass is 16.2. The van der Waals surface area contributed by atoms with Crippen molar-refractivity contribution in [2.75, 3.05) is 32.7 Å². The highest BCUT2D eigenvalue weighted by molar-refractivity contribution is 5.76. The molecule has 2 aromatic heterocycles. The van der Waals surface area contributed by atoms with E-state index in [9.17, 15) is 9.59 Å². The molecule has 2 N–H and O–H groups in total. The molecule has 2 fully saturated rings. The Hall–Kier alpha value is -3.20. The van der Waals surface area contributed by atoms with Crippen molar-refractivity contribution in [1.82, 2.24) is 34.9 Å². The lowest BCUT2D eigenvalue weighted by molar-refractivity contribution is 0.134. The Morgan fingerprint density at radius 3 is 2.61 bits per heavy atom. The first-order chi connectivity index (χ1) is 16.0. The first kappa shape index (κ1) is 21.6. The number of nitrogens with one attached hydrogen (secondary N) is 2. The van der Waals surface area contributed by atoms with Gasteiger partial charge in [0.15, 0.2) is 5.65 Å². The van der Waals surface area contributed by atoms with Crippen LogP contribution in [0.5, 0.6) is 0 Å². The van der Waals surface area contributed by atoms with Crippen molar-refractivity contribution in [3.63, 3.8) is 0 Å². The van der Waals surface area contributed by atoms with Crippen LogP contribution in [-0.2, 0) is 0 Å². The topological polar surface area (TPSA) is 99.2 Å². The maximum absolute atomic E-state index is 12.6. The van der Waals surface area contributed by atoms with Gasteiger partial charge in [0, 0.05) is 25.7 Å². The molecule has 0 aliphatic carbocycles. The van der Waals surface area contributed by atoms with Crippen LogP contribution in [0, 0.1) is 5.92 Å². The van der Waals surface area contributed by atoms with Gasteiger partial charge >= 0.3 is 6.03 Å². The quantitative estimate of drug-likeness (QED) is 0.623. The molecule has 0 bridgehead atoms. The van der Waals surface area contributed by atoms with Crippen LogP contribution in [0.3, 0.4) is 0 Å².